The zero-order valence-corrected chi connectivity index (χ0v) is 10.8. The summed E-state index contributed by atoms with van der Waals surface area (Å²) in [4.78, 5) is 2.25. The normalized spacial score (nSPS) is 20.8. The standard InChI is InChI=1S/C12H25FN2O/c1-4-11(6-7-15(3)5-2)16-10-12(13)8-14-9-12/h11,14H,4-10H2,1-3H3. The molecule has 0 spiro atoms. The van der Waals surface area contributed by atoms with Gasteiger partial charge in [-0.25, -0.2) is 4.39 Å². The van der Waals surface area contributed by atoms with Crippen molar-refractivity contribution in [3.8, 4) is 0 Å². The first-order chi connectivity index (χ1) is 7.59. The number of hydrogen-bond donors (Lipinski definition) is 1. The van der Waals surface area contributed by atoms with Crippen LogP contribution in [0.5, 0.6) is 0 Å². The Balaban J connectivity index is 2.15. The second-order valence-electron chi connectivity index (χ2n) is 4.78. The van der Waals surface area contributed by atoms with Crippen LogP contribution in [0.3, 0.4) is 0 Å². The highest BCUT2D eigenvalue weighted by molar-refractivity contribution is 4.93. The Hall–Kier alpha value is -0.190. The SMILES string of the molecule is CCC(CCN(C)CC)OCC1(F)CNC1. The second kappa shape index (κ2) is 6.52. The van der Waals surface area contributed by atoms with E-state index < -0.39 is 5.67 Å². The summed E-state index contributed by atoms with van der Waals surface area (Å²) in [6.45, 7) is 7.43. The Morgan fingerprint density at radius 2 is 2.12 bits per heavy atom. The highest BCUT2D eigenvalue weighted by Gasteiger charge is 2.37. The Kier molecular flexibility index (Phi) is 5.66. The molecule has 0 aromatic carbocycles. The van der Waals surface area contributed by atoms with E-state index in [1.807, 2.05) is 0 Å². The first-order valence-corrected chi connectivity index (χ1v) is 6.29. The van der Waals surface area contributed by atoms with Crippen LogP contribution in [0.1, 0.15) is 26.7 Å². The van der Waals surface area contributed by atoms with E-state index in [2.05, 4.69) is 31.1 Å². The minimum atomic E-state index is -1.11. The number of rotatable bonds is 8. The molecule has 0 saturated carbocycles. The molecule has 1 heterocycles. The summed E-state index contributed by atoms with van der Waals surface area (Å²) in [5.74, 6) is 0. The molecule has 1 atom stereocenters. The molecule has 1 saturated heterocycles. The van der Waals surface area contributed by atoms with E-state index >= 15 is 0 Å². The average molecular weight is 232 g/mol. The maximum atomic E-state index is 13.7. The summed E-state index contributed by atoms with van der Waals surface area (Å²) in [6.07, 6.45) is 2.15. The lowest BCUT2D eigenvalue weighted by molar-refractivity contribution is -0.0553. The molecular formula is C12H25FN2O. The monoisotopic (exact) mass is 232 g/mol. The van der Waals surface area contributed by atoms with Crippen LogP contribution in [0.25, 0.3) is 0 Å². The third-order valence-corrected chi connectivity index (χ3v) is 3.29. The molecular weight excluding hydrogens is 207 g/mol. The molecule has 0 radical (unpaired) electrons. The van der Waals surface area contributed by atoms with Gasteiger partial charge in [-0.2, -0.15) is 0 Å². The molecule has 3 nitrogen and oxygen atoms in total. The van der Waals surface area contributed by atoms with Crippen LogP contribution >= 0.6 is 0 Å². The van der Waals surface area contributed by atoms with E-state index in [-0.39, 0.29) is 12.7 Å². The number of nitrogens with one attached hydrogen (secondary N) is 1. The molecule has 0 bridgehead atoms. The predicted molar refractivity (Wildman–Crippen MR) is 64.5 cm³/mol. The van der Waals surface area contributed by atoms with E-state index in [1.165, 1.54) is 0 Å². The zero-order chi connectivity index (χ0) is 12.0. The highest BCUT2D eigenvalue weighted by Crippen LogP contribution is 2.18. The second-order valence-corrected chi connectivity index (χ2v) is 4.78. The molecule has 1 aliphatic rings. The largest absolute Gasteiger partial charge is 0.375 e. The third-order valence-electron chi connectivity index (χ3n) is 3.29. The number of hydrogen-bond acceptors (Lipinski definition) is 3. The van der Waals surface area contributed by atoms with Gasteiger partial charge in [0.05, 0.1) is 12.7 Å². The summed E-state index contributed by atoms with van der Waals surface area (Å²) in [6, 6.07) is 0. The van der Waals surface area contributed by atoms with E-state index in [1.54, 1.807) is 0 Å². The minimum absolute atomic E-state index is 0.197. The van der Waals surface area contributed by atoms with Crippen molar-refractivity contribution in [2.24, 2.45) is 0 Å². The number of nitrogens with zero attached hydrogens (tertiary/aromatic N) is 1. The van der Waals surface area contributed by atoms with Crippen molar-refractivity contribution in [3.63, 3.8) is 0 Å². The first-order valence-electron chi connectivity index (χ1n) is 6.29. The molecule has 16 heavy (non-hydrogen) atoms. The van der Waals surface area contributed by atoms with Crippen LogP contribution in [0.15, 0.2) is 0 Å². The van der Waals surface area contributed by atoms with Gasteiger partial charge in [-0.15, -0.1) is 0 Å². The van der Waals surface area contributed by atoms with Gasteiger partial charge in [0, 0.05) is 19.6 Å². The van der Waals surface area contributed by atoms with Crippen molar-refractivity contribution in [3.05, 3.63) is 0 Å². The summed E-state index contributed by atoms with van der Waals surface area (Å²) >= 11 is 0. The van der Waals surface area contributed by atoms with Crippen LogP contribution < -0.4 is 5.32 Å². The van der Waals surface area contributed by atoms with Gasteiger partial charge in [-0.05, 0) is 26.4 Å². The van der Waals surface area contributed by atoms with Gasteiger partial charge in [0.15, 0.2) is 5.67 Å². The predicted octanol–water partition coefficient (Wildman–Crippen LogP) is 1.43. The molecule has 1 fully saturated rings. The van der Waals surface area contributed by atoms with Crippen LogP contribution in [0.4, 0.5) is 4.39 Å². The maximum Gasteiger partial charge on any atom is 0.158 e. The lowest BCUT2D eigenvalue weighted by atomic mass is 10.0. The van der Waals surface area contributed by atoms with Crippen LogP contribution in [0, 0.1) is 0 Å². The van der Waals surface area contributed by atoms with Gasteiger partial charge in [0.2, 0.25) is 0 Å². The fourth-order valence-corrected chi connectivity index (χ4v) is 1.69. The lowest BCUT2D eigenvalue weighted by Gasteiger charge is -2.35. The Bertz CT molecular complexity index is 197. The fourth-order valence-electron chi connectivity index (χ4n) is 1.69. The Morgan fingerprint density at radius 1 is 1.44 bits per heavy atom. The number of alkyl halides is 1. The molecule has 0 aliphatic carbocycles. The summed E-state index contributed by atoms with van der Waals surface area (Å²) in [5.41, 5.74) is -1.11. The van der Waals surface area contributed by atoms with Crippen LogP contribution in [-0.2, 0) is 4.74 Å². The molecule has 4 heteroatoms. The van der Waals surface area contributed by atoms with E-state index in [0.717, 1.165) is 25.9 Å². The molecule has 1 rings (SSSR count). The van der Waals surface area contributed by atoms with Crippen molar-refractivity contribution in [2.75, 3.05) is 39.8 Å². The van der Waals surface area contributed by atoms with Crippen molar-refractivity contribution >= 4 is 0 Å². The van der Waals surface area contributed by atoms with Gasteiger partial charge < -0.3 is 15.0 Å². The van der Waals surface area contributed by atoms with Gasteiger partial charge in [-0.1, -0.05) is 13.8 Å². The molecule has 1 N–H and O–H groups in total. The molecule has 0 amide bonds. The van der Waals surface area contributed by atoms with E-state index in [9.17, 15) is 4.39 Å². The third kappa shape index (κ3) is 4.36. The number of halogens is 1. The first kappa shape index (κ1) is 13.9. The minimum Gasteiger partial charge on any atom is -0.375 e. The summed E-state index contributed by atoms with van der Waals surface area (Å²) < 4.78 is 19.3. The average Bonchev–Trinajstić information content (AvgIpc) is 2.26. The molecule has 0 aromatic rings. The molecule has 96 valence electrons. The van der Waals surface area contributed by atoms with Crippen LogP contribution in [-0.4, -0.2) is 56.5 Å². The smallest absolute Gasteiger partial charge is 0.158 e. The van der Waals surface area contributed by atoms with E-state index in [4.69, 9.17) is 4.74 Å². The fraction of sp³-hybridized carbons (Fsp3) is 1.00. The quantitative estimate of drug-likeness (QED) is 0.685. The maximum absolute atomic E-state index is 13.7. The lowest BCUT2D eigenvalue weighted by Crippen LogP contribution is -2.59. The summed E-state index contributed by atoms with van der Waals surface area (Å²) in [7, 11) is 2.10. The van der Waals surface area contributed by atoms with Crippen molar-refractivity contribution in [2.45, 2.75) is 38.5 Å². The zero-order valence-electron chi connectivity index (χ0n) is 10.8. The Labute approximate surface area is 98.3 Å². The number of ether oxygens (including phenoxy) is 1. The van der Waals surface area contributed by atoms with Crippen LogP contribution in [0.2, 0.25) is 0 Å². The van der Waals surface area contributed by atoms with Gasteiger partial charge in [-0.3, -0.25) is 0 Å². The topological polar surface area (TPSA) is 24.5 Å². The Morgan fingerprint density at radius 3 is 2.56 bits per heavy atom. The molecule has 1 unspecified atom stereocenters. The van der Waals surface area contributed by atoms with E-state index in [0.29, 0.717) is 13.1 Å². The molecule has 1 aliphatic heterocycles. The van der Waals surface area contributed by atoms with Gasteiger partial charge >= 0.3 is 0 Å². The highest BCUT2D eigenvalue weighted by atomic mass is 19.1. The molecule has 0 aromatic heterocycles. The van der Waals surface area contributed by atoms with Gasteiger partial charge in [0.25, 0.3) is 0 Å². The van der Waals surface area contributed by atoms with Crippen molar-refractivity contribution < 1.29 is 9.13 Å². The van der Waals surface area contributed by atoms with Crippen molar-refractivity contribution in [1.82, 2.24) is 10.2 Å². The summed E-state index contributed by atoms with van der Waals surface area (Å²) in [5, 5.41) is 2.94. The van der Waals surface area contributed by atoms with Crippen molar-refractivity contribution in [1.29, 1.82) is 0 Å². The van der Waals surface area contributed by atoms with Gasteiger partial charge in [0.1, 0.15) is 0 Å².